The van der Waals surface area contributed by atoms with Crippen molar-refractivity contribution in [2.45, 2.75) is 34.1 Å². The molecule has 0 radical (unpaired) electrons. The fraction of sp³-hybridized carbons (Fsp3) is 0.600. The van der Waals surface area contributed by atoms with E-state index in [1.54, 1.807) is 13.8 Å². The first-order valence-electron chi connectivity index (χ1n) is 6.85. The number of ether oxygens (including phenoxy) is 2. The average Bonchev–Trinajstić information content (AvgIpc) is 2.88. The van der Waals surface area contributed by atoms with E-state index < -0.39 is 17.4 Å². The molecule has 0 fully saturated rings. The van der Waals surface area contributed by atoms with Crippen molar-refractivity contribution in [1.82, 2.24) is 0 Å². The molecule has 0 aromatic carbocycles. The minimum absolute atomic E-state index is 0.206. The van der Waals surface area contributed by atoms with E-state index in [4.69, 9.17) is 9.47 Å². The summed E-state index contributed by atoms with van der Waals surface area (Å²) in [6, 6.07) is 3.82. The lowest BCUT2D eigenvalue weighted by Gasteiger charge is -2.32. The molecule has 0 saturated heterocycles. The SMILES string of the molecule is CCOC(=O)C(Cc1cccs1)(C(=O)OCC)C(C)C. The van der Waals surface area contributed by atoms with Gasteiger partial charge in [-0.15, -0.1) is 11.3 Å². The van der Waals surface area contributed by atoms with Crippen LogP contribution in [0.2, 0.25) is 0 Å². The highest BCUT2D eigenvalue weighted by Gasteiger charge is 2.51. The Balaban J connectivity index is 3.18. The average molecular weight is 298 g/mol. The van der Waals surface area contributed by atoms with Crippen molar-refractivity contribution in [3.05, 3.63) is 22.4 Å². The van der Waals surface area contributed by atoms with Crippen LogP contribution in [0.15, 0.2) is 17.5 Å². The molecule has 20 heavy (non-hydrogen) atoms. The second-order valence-electron chi connectivity index (χ2n) is 4.82. The van der Waals surface area contributed by atoms with Crippen LogP contribution >= 0.6 is 11.3 Å². The molecule has 0 atom stereocenters. The molecule has 0 aliphatic carbocycles. The van der Waals surface area contributed by atoms with Gasteiger partial charge in [-0.25, -0.2) is 0 Å². The van der Waals surface area contributed by atoms with Gasteiger partial charge in [0.2, 0.25) is 0 Å². The molecule has 5 heteroatoms. The first kappa shape index (κ1) is 16.7. The van der Waals surface area contributed by atoms with Gasteiger partial charge in [-0.05, 0) is 31.2 Å². The van der Waals surface area contributed by atoms with Crippen molar-refractivity contribution >= 4 is 23.3 Å². The Morgan fingerprint density at radius 1 is 1.20 bits per heavy atom. The van der Waals surface area contributed by atoms with Gasteiger partial charge in [0.05, 0.1) is 13.2 Å². The molecule has 0 bridgehead atoms. The van der Waals surface area contributed by atoms with Gasteiger partial charge in [0.15, 0.2) is 5.41 Å². The lowest BCUT2D eigenvalue weighted by atomic mass is 9.74. The molecule has 0 spiro atoms. The van der Waals surface area contributed by atoms with E-state index >= 15 is 0 Å². The minimum Gasteiger partial charge on any atom is -0.465 e. The quantitative estimate of drug-likeness (QED) is 0.573. The molecule has 1 rings (SSSR count). The Hall–Kier alpha value is -1.36. The summed E-state index contributed by atoms with van der Waals surface area (Å²) < 4.78 is 10.3. The van der Waals surface area contributed by atoms with Crippen LogP contribution in [-0.4, -0.2) is 25.2 Å². The Morgan fingerprint density at radius 2 is 1.75 bits per heavy atom. The zero-order valence-electron chi connectivity index (χ0n) is 12.5. The summed E-state index contributed by atoms with van der Waals surface area (Å²) in [5.41, 5.74) is -1.27. The molecule has 0 saturated carbocycles. The predicted octanol–water partition coefficient (Wildman–Crippen LogP) is 3.06. The monoisotopic (exact) mass is 298 g/mol. The van der Waals surface area contributed by atoms with Crippen molar-refractivity contribution in [1.29, 1.82) is 0 Å². The minimum atomic E-state index is -1.27. The highest BCUT2D eigenvalue weighted by molar-refractivity contribution is 7.09. The van der Waals surface area contributed by atoms with Gasteiger partial charge in [0.25, 0.3) is 0 Å². The Bertz CT molecular complexity index is 419. The van der Waals surface area contributed by atoms with Gasteiger partial charge < -0.3 is 9.47 Å². The van der Waals surface area contributed by atoms with Gasteiger partial charge in [-0.2, -0.15) is 0 Å². The number of carbonyl (C=O) groups is 2. The van der Waals surface area contributed by atoms with E-state index in [0.717, 1.165) is 4.88 Å². The summed E-state index contributed by atoms with van der Waals surface area (Å²) >= 11 is 1.52. The molecule has 112 valence electrons. The highest BCUT2D eigenvalue weighted by atomic mass is 32.1. The van der Waals surface area contributed by atoms with E-state index in [2.05, 4.69) is 0 Å². The molecule has 4 nitrogen and oxygen atoms in total. The lowest BCUT2D eigenvalue weighted by molar-refractivity contribution is -0.175. The molecule has 1 aromatic rings. The largest absolute Gasteiger partial charge is 0.465 e. The zero-order valence-corrected chi connectivity index (χ0v) is 13.3. The Labute approximate surface area is 124 Å². The maximum Gasteiger partial charge on any atom is 0.324 e. The maximum atomic E-state index is 12.4. The number of rotatable bonds is 7. The smallest absolute Gasteiger partial charge is 0.324 e. The van der Waals surface area contributed by atoms with E-state index in [0.29, 0.717) is 6.42 Å². The predicted molar refractivity (Wildman–Crippen MR) is 78.6 cm³/mol. The second kappa shape index (κ2) is 7.43. The standard InChI is InChI=1S/C15H22O4S/c1-5-18-13(16)15(11(3)4,14(17)19-6-2)10-12-8-7-9-20-12/h7-9,11H,5-6,10H2,1-4H3. The van der Waals surface area contributed by atoms with E-state index in [-0.39, 0.29) is 19.1 Å². The maximum absolute atomic E-state index is 12.4. The molecule has 0 N–H and O–H groups in total. The molecule has 1 heterocycles. The topological polar surface area (TPSA) is 52.6 Å². The third kappa shape index (κ3) is 3.39. The second-order valence-corrected chi connectivity index (χ2v) is 5.86. The molecular weight excluding hydrogens is 276 g/mol. The van der Waals surface area contributed by atoms with Crippen molar-refractivity contribution in [3.63, 3.8) is 0 Å². The zero-order chi connectivity index (χ0) is 15.2. The third-order valence-corrected chi connectivity index (χ3v) is 4.17. The number of hydrogen-bond acceptors (Lipinski definition) is 5. The van der Waals surface area contributed by atoms with Crippen LogP contribution in [-0.2, 0) is 25.5 Å². The number of carbonyl (C=O) groups excluding carboxylic acids is 2. The third-order valence-electron chi connectivity index (χ3n) is 3.30. The Kier molecular flexibility index (Phi) is 6.20. The molecule has 0 amide bonds. The van der Waals surface area contributed by atoms with Crippen molar-refractivity contribution in [2.75, 3.05) is 13.2 Å². The summed E-state index contributed by atoms with van der Waals surface area (Å²) in [7, 11) is 0. The van der Waals surface area contributed by atoms with Crippen molar-refractivity contribution in [3.8, 4) is 0 Å². The van der Waals surface area contributed by atoms with E-state index in [9.17, 15) is 9.59 Å². The van der Waals surface area contributed by atoms with Gasteiger partial charge in [0, 0.05) is 11.3 Å². The summed E-state index contributed by atoms with van der Waals surface area (Å²) in [5, 5.41) is 1.93. The van der Waals surface area contributed by atoms with Crippen molar-refractivity contribution in [2.24, 2.45) is 11.3 Å². The fourth-order valence-electron chi connectivity index (χ4n) is 2.11. The highest BCUT2D eigenvalue weighted by Crippen LogP contribution is 2.36. The van der Waals surface area contributed by atoms with Crippen LogP contribution in [0.25, 0.3) is 0 Å². The van der Waals surface area contributed by atoms with Crippen LogP contribution in [0.3, 0.4) is 0 Å². The van der Waals surface area contributed by atoms with Crippen LogP contribution in [0.4, 0.5) is 0 Å². The Morgan fingerprint density at radius 3 is 2.10 bits per heavy atom. The van der Waals surface area contributed by atoms with Gasteiger partial charge in [0.1, 0.15) is 0 Å². The number of thiophene rings is 1. The summed E-state index contributed by atoms with van der Waals surface area (Å²) in [6.45, 7) is 7.66. The number of esters is 2. The summed E-state index contributed by atoms with van der Waals surface area (Å²) in [6.07, 6.45) is 0.319. The van der Waals surface area contributed by atoms with Crippen LogP contribution in [0.5, 0.6) is 0 Å². The van der Waals surface area contributed by atoms with Crippen LogP contribution in [0.1, 0.15) is 32.6 Å². The van der Waals surface area contributed by atoms with E-state index in [1.165, 1.54) is 11.3 Å². The van der Waals surface area contributed by atoms with Gasteiger partial charge in [-0.1, -0.05) is 19.9 Å². The molecule has 0 aliphatic heterocycles. The molecular formula is C15H22O4S. The summed E-state index contributed by atoms with van der Waals surface area (Å²) in [5.74, 6) is -1.20. The van der Waals surface area contributed by atoms with Gasteiger partial charge >= 0.3 is 11.9 Å². The molecule has 0 unspecified atom stereocenters. The first-order valence-corrected chi connectivity index (χ1v) is 7.73. The normalized spacial score (nSPS) is 11.4. The van der Waals surface area contributed by atoms with Crippen LogP contribution < -0.4 is 0 Å². The number of hydrogen-bond donors (Lipinski definition) is 0. The van der Waals surface area contributed by atoms with Crippen LogP contribution in [0, 0.1) is 11.3 Å². The molecule has 0 aliphatic rings. The summed E-state index contributed by atoms with van der Waals surface area (Å²) in [4.78, 5) is 25.8. The van der Waals surface area contributed by atoms with E-state index in [1.807, 2.05) is 31.4 Å². The fourth-order valence-corrected chi connectivity index (χ4v) is 2.91. The lowest BCUT2D eigenvalue weighted by Crippen LogP contribution is -2.47. The van der Waals surface area contributed by atoms with Gasteiger partial charge in [-0.3, -0.25) is 9.59 Å². The van der Waals surface area contributed by atoms with Crippen molar-refractivity contribution < 1.29 is 19.1 Å². The first-order chi connectivity index (χ1) is 9.48. The molecule has 1 aromatic heterocycles.